The quantitative estimate of drug-likeness (QED) is 0.299. The predicted octanol–water partition coefficient (Wildman–Crippen LogP) is 5.43. The third-order valence-electron chi connectivity index (χ3n) is 6.65. The summed E-state index contributed by atoms with van der Waals surface area (Å²) in [6.45, 7) is 3.21. The Morgan fingerprint density at radius 3 is 2.62 bits per heavy atom. The van der Waals surface area contributed by atoms with Gasteiger partial charge in [0.2, 0.25) is 11.8 Å². The van der Waals surface area contributed by atoms with E-state index in [1.54, 1.807) is 28.6 Å². The molecule has 0 saturated carbocycles. The summed E-state index contributed by atoms with van der Waals surface area (Å²) in [5.74, 6) is 1.21. The fourth-order valence-corrected chi connectivity index (χ4v) is 5.57. The van der Waals surface area contributed by atoms with Crippen molar-refractivity contribution >= 4 is 23.2 Å². The maximum absolute atomic E-state index is 13.7. The zero-order valence-electron chi connectivity index (χ0n) is 20.8. The molecule has 0 radical (unpaired) electrons. The second kappa shape index (κ2) is 11.5. The second-order valence-electron chi connectivity index (χ2n) is 9.27. The first-order chi connectivity index (χ1) is 18.1. The van der Waals surface area contributed by atoms with Crippen molar-refractivity contribution in [2.24, 2.45) is 0 Å². The number of fused-ring (bicyclic) bond motifs is 1. The highest BCUT2D eigenvalue weighted by atomic mass is 32.1. The number of benzene rings is 2. The summed E-state index contributed by atoms with van der Waals surface area (Å²) in [5.41, 5.74) is 3.21. The van der Waals surface area contributed by atoms with Gasteiger partial charge in [0.1, 0.15) is 24.7 Å². The molecule has 2 amide bonds. The van der Waals surface area contributed by atoms with Crippen LogP contribution in [0.1, 0.15) is 33.4 Å². The van der Waals surface area contributed by atoms with Crippen molar-refractivity contribution in [2.75, 3.05) is 19.7 Å². The lowest BCUT2D eigenvalue weighted by Gasteiger charge is -2.37. The number of hydrogen-bond acceptors (Lipinski definition) is 5. The molecule has 5 rings (SSSR count). The molecule has 0 fully saturated rings. The molecular formula is C30H30N2O4S. The Morgan fingerprint density at radius 2 is 1.86 bits per heavy atom. The first-order valence-electron chi connectivity index (χ1n) is 12.5. The summed E-state index contributed by atoms with van der Waals surface area (Å²) in [7, 11) is 0. The van der Waals surface area contributed by atoms with Crippen molar-refractivity contribution in [2.45, 2.75) is 32.4 Å². The maximum Gasteiger partial charge on any atom is 0.242 e. The van der Waals surface area contributed by atoms with Crippen LogP contribution in [0.2, 0.25) is 0 Å². The van der Waals surface area contributed by atoms with Gasteiger partial charge in [-0.15, -0.1) is 11.3 Å². The van der Waals surface area contributed by atoms with Crippen LogP contribution >= 0.6 is 11.3 Å². The molecule has 4 aromatic rings. The van der Waals surface area contributed by atoms with Crippen LogP contribution in [0.3, 0.4) is 0 Å². The number of furan rings is 1. The molecule has 1 atom stereocenters. The Labute approximate surface area is 221 Å². The maximum atomic E-state index is 13.7. The van der Waals surface area contributed by atoms with E-state index in [4.69, 9.17) is 9.15 Å². The summed E-state index contributed by atoms with van der Waals surface area (Å²) in [6, 6.07) is 23.0. The van der Waals surface area contributed by atoms with E-state index >= 15 is 0 Å². The summed E-state index contributed by atoms with van der Waals surface area (Å²) in [5, 5.41) is 2.07. The van der Waals surface area contributed by atoms with Gasteiger partial charge in [-0.25, -0.2) is 0 Å². The average molecular weight is 515 g/mol. The van der Waals surface area contributed by atoms with Crippen LogP contribution in [0.4, 0.5) is 0 Å². The van der Waals surface area contributed by atoms with Gasteiger partial charge in [-0.2, -0.15) is 0 Å². The molecule has 7 heteroatoms. The summed E-state index contributed by atoms with van der Waals surface area (Å²) in [6.07, 6.45) is 2.61. The average Bonchev–Trinajstić information content (AvgIpc) is 3.60. The Bertz CT molecular complexity index is 1320. The highest BCUT2D eigenvalue weighted by molar-refractivity contribution is 7.10. The van der Waals surface area contributed by atoms with Crippen molar-refractivity contribution in [3.63, 3.8) is 0 Å². The molecule has 0 saturated heterocycles. The van der Waals surface area contributed by atoms with Crippen LogP contribution in [0.25, 0.3) is 0 Å². The molecule has 3 heterocycles. The Morgan fingerprint density at radius 1 is 1.05 bits per heavy atom. The first kappa shape index (κ1) is 24.8. The minimum Gasteiger partial charge on any atom is -0.491 e. The van der Waals surface area contributed by atoms with Crippen molar-refractivity contribution < 1.29 is 18.7 Å². The molecule has 190 valence electrons. The summed E-state index contributed by atoms with van der Waals surface area (Å²) >= 11 is 1.72. The monoisotopic (exact) mass is 514 g/mol. The van der Waals surface area contributed by atoms with Gasteiger partial charge in [-0.1, -0.05) is 48.0 Å². The van der Waals surface area contributed by atoms with E-state index in [9.17, 15) is 9.59 Å². The number of amides is 2. The number of ether oxygens (including phenoxy) is 1. The third kappa shape index (κ3) is 6.12. The predicted molar refractivity (Wildman–Crippen MR) is 143 cm³/mol. The van der Waals surface area contributed by atoms with Crippen LogP contribution < -0.4 is 4.74 Å². The van der Waals surface area contributed by atoms with Gasteiger partial charge in [-0.3, -0.25) is 9.59 Å². The molecule has 37 heavy (non-hydrogen) atoms. The summed E-state index contributed by atoms with van der Waals surface area (Å²) < 4.78 is 11.6. The number of aryl methyl sites for hydroxylation is 1. The highest BCUT2D eigenvalue weighted by Crippen LogP contribution is 2.34. The lowest BCUT2D eigenvalue weighted by atomic mass is 10.0. The molecule has 0 unspecified atom stereocenters. The molecule has 0 N–H and O–H groups in total. The Balaban J connectivity index is 1.33. The second-order valence-corrected chi connectivity index (χ2v) is 10.3. The molecule has 1 aliphatic heterocycles. The van der Waals surface area contributed by atoms with E-state index in [1.807, 2.05) is 72.5 Å². The number of nitrogens with zero attached hydrogens (tertiary/aromatic N) is 2. The number of thiophene rings is 1. The SMILES string of the molecule is Cc1ccc(OC[C@H]2c3ccsc3CCN2C(=O)CN(Cc2ccco2)C(=O)Cc2ccccc2)cc1. The van der Waals surface area contributed by atoms with Crippen molar-refractivity contribution in [3.8, 4) is 5.75 Å². The lowest BCUT2D eigenvalue weighted by molar-refractivity contribution is -0.143. The fourth-order valence-electron chi connectivity index (χ4n) is 4.64. The Hall–Kier alpha value is -3.84. The van der Waals surface area contributed by atoms with E-state index in [0.29, 0.717) is 18.9 Å². The molecule has 0 spiro atoms. The van der Waals surface area contributed by atoms with Gasteiger partial charge < -0.3 is 19.0 Å². The first-order valence-corrected chi connectivity index (χ1v) is 13.3. The van der Waals surface area contributed by atoms with E-state index in [0.717, 1.165) is 23.3 Å². The zero-order chi connectivity index (χ0) is 25.6. The number of hydrogen-bond donors (Lipinski definition) is 0. The lowest BCUT2D eigenvalue weighted by Crippen LogP contribution is -2.47. The third-order valence-corrected chi connectivity index (χ3v) is 7.64. The van der Waals surface area contributed by atoms with Gasteiger partial charge in [0, 0.05) is 11.4 Å². The topological polar surface area (TPSA) is 63.0 Å². The van der Waals surface area contributed by atoms with Gasteiger partial charge in [0.05, 0.1) is 25.3 Å². The standard InChI is InChI=1S/C30H30N2O4S/c1-22-9-11-24(12-10-22)36-21-27-26-14-17-37-28(26)13-15-32(27)30(34)20-31(19-25-8-5-16-35-25)29(33)18-23-6-3-2-4-7-23/h2-12,14,16-17,27H,13,15,18-21H2,1H3/t27-/m0/s1. The molecule has 0 aliphatic carbocycles. The van der Waals surface area contributed by atoms with E-state index in [-0.39, 0.29) is 37.4 Å². The Kier molecular flexibility index (Phi) is 7.70. The van der Waals surface area contributed by atoms with Crippen LogP contribution in [0, 0.1) is 6.92 Å². The minimum atomic E-state index is -0.210. The highest BCUT2D eigenvalue weighted by Gasteiger charge is 2.33. The van der Waals surface area contributed by atoms with Gasteiger partial charge in [-0.05, 0) is 60.2 Å². The molecular weight excluding hydrogens is 484 g/mol. The number of carbonyl (C=O) groups is 2. The van der Waals surface area contributed by atoms with Gasteiger partial charge in [0.15, 0.2) is 0 Å². The van der Waals surface area contributed by atoms with Gasteiger partial charge >= 0.3 is 0 Å². The van der Waals surface area contributed by atoms with E-state index in [2.05, 4.69) is 11.4 Å². The van der Waals surface area contributed by atoms with E-state index in [1.165, 1.54) is 10.4 Å². The fraction of sp³-hybridized carbons (Fsp3) is 0.267. The normalized spacial score (nSPS) is 14.7. The van der Waals surface area contributed by atoms with Crippen molar-refractivity contribution in [1.29, 1.82) is 0 Å². The zero-order valence-corrected chi connectivity index (χ0v) is 21.7. The minimum absolute atomic E-state index is 0.0210. The summed E-state index contributed by atoms with van der Waals surface area (Å²) in [4.78, 5) is 31.8. The van der Waals surface area contributed by atoms with Crippen molar-refractivity contribution in [1.82, 2.24) is 9.80 Å². The molecule has 2 aromatic heterocycles. The van der Waals surface area contributed by atoms with Crippen LogP contribution in [0.5, 0.6) is 5.75 Å². The molecule has 1 aliphatic rings. The smallest absolute Gasteiger partial charge is 0.242 e. The van der Waals surface area contributed by atoms with Crippen molar-refractivity contribution in [3.05, 3.63) is 112 Å². The van der Waals surface area contributed by atoms with Crippen LogP contribution in [0.15, 0.2) is 88.9 Å². The van der Waals surface area contributed by atoms with E-state index < -0.39 is 0 Å². The molecule has 2 aromatic carbocycles. The number of rotatable bonds is 9. The number of carbonyl (C=O) groups excluding carboxylic acids is 2. The largest absolute Gasteiger partial charge is 0.491 e. The van der Waals surface area contributed by atoms with Crippen LogP contribution in [-0.4, -0.2) is 41.3 Å². The molecule has 0 bridgehead atoms. The van der Waals surface area contributed by atoms with Crippen LogP contribution in [-0.2, 0) is 29.0 Å². The molecule has 6 nitrogen and oxygen atoms in total. The van der Waals surface area contributed by atoms with Gasteiger partial charge in [0.25, 0.3) is 0 Å².